The van der Waals surface area contributed by atoms with Crippen LogP contribution in [0.1, 0.15) is 32.8 Å². The SMILES string of the molecule is CCNC(=NCCCc1ccc(OC)c(OCC)c1)NC(C)COC. The van der Waals surface area contributed by atoms with Gasteiger partial charge in [0.1, 0.15) is 0 Å². The van der Waals surface area contributed by atoms with Crippen LogP contribution < -0.4 is 20.1 Å². The first-order valence-electron chi connectivity index (χ1n) is 8.98. The Morgan fingerprint density at radius 1 is 1.20 bits per heavy atom. The van der Waals surface area contributed by atoms with Gasteiger partial charge in [-0.1, -0.05) is 6.07 Å². The van der Waals surface area contributed by atoms with E-state index < -0.39 is 0 Å². The van der Waals surface area contributed by atoms with Gasteiger partial charge in [0.2, 0.25) is 0 Å². The molecular weight excluding hydrogens is 318 g/mol. The van der Waals surface area contributed by atoms with Crippen LogP contribution in [0.15, 0.2) is 23.2 Å². The molecule has 0 fully saturated rings. The summed E-state index contributed by atoms with van der Waals surface area (Å²) in [5, 5.41) is 6.59. The Labute approximate surface area is 152 Å². The number of benzene rings is 1. The second-order valence-corrected chi connectivity index (χ2v) is 5.78. The van der Waals surface area contributed by atoms with Crippen LogP contribution in [0.5, 0.6) is 11.5 Å². The molecule has 25 heavy (non-hydrogen) atoms. The van der Waals surface area contributed by atoms with Gasteiger partial charge in [0, 0.05) is 26.2 Å². The minimum atomic E-state index is 0.220. The Morgan fingerprint density at radius 3 is 2.64 bits per heavy atom. The second-order valence-electron chi connectivity index (χ2n) is 5.78. The zero-order valence-corrected chi connectivity index (χ0v) is 16.2. The van der Waals surface area contributed by atoms with Crippen molar-refractivity contribution in [2.24, 2.45) is 4.99 Å². The third-order valence-electron chi connectivity index (χ3n) is 3.57. The highest BCUT2D eigenvalue weighted by atomic mass is 16.5. The van der Waals surface area contributed by atoms with Crippen molar-refractivity contribution in [3.8, 4) is 11.5 Å². The van der Waals surface area contributed by atoms with Gasteiger partial charge in [0.05, 0.1) is 20.3 Å². The zero-order valence-electron chi connectivity index (χ0n) is 16.2. The summed E-state index contributed by atoms with van der Waals surface area (Å²) < 4.78 is 16.1. The molecule has 0 aliphatic carbocycles. The van der Waals surface area contributed by atoms with E-state index in [9.17, 15) is 0 Å². The topological polar surface area (TPSA) is 64.1 Å². The van der Waals surface area contributed by atoms with E-state index >= 15 is 0 Å². The maximum Gasteiger partial charge on any atom is 0.191 e. The number of nitrogens with one attached hydrogen (secondary N) is 2. The third kappa shape index (κ3) is 8.12. The molecule has 0 aliphatic rings. The largest absolute Gasteiger partial charge is 0.493 e. The lowest BCUT2D eigenvalue weighted by molar-refractivity contribution is 0.179. The van der Waals surface area contributed by atoms with Crippen molar-refractivity contribution in [3.05, 3.63) is 23.8 Å². The zero-order chi connectivity index (χ0) is 18.5. The summed E-state index contributed by atoms with van der Waals surface area (Å²) in [5.41, 5.74) is 1.23. The molecule has 0 aliphatic heterocycles. The summed E-state index contributed by atoms with van der Waals surface area (Å²) in [4.78, 5) is 4.63. The van der Waals surface area contributed by atoms with Crippen LogP contribution in [0.2, 0.25) is 0 Å². The maximum atomic E-state index is 5.63. The Morgan fingerprint density at radius 2 is 2.00 bits per heavy atom. The van der Waals surface area contributed by atoms with Gasteiger partial charge in [-0.15, -0.1) is 0 Å². The van der Waals surface area contributed by atoms with Gasteiger partial charge in [-0.25, -0.2) is 0 Å². The highest BCUT2D eigenvalue weighted by Gasteiger charge is 2.06. The van der Waals surface area contributed by atoms with Crippen molar-refractivity contribution in [1.82, 2.24) is 10.6 Å². The van der Waals surface area contributed by atoms with Gasteiger partial charge in [-0.3, -0.25) is 4.99 Å². The molecule has 0 saturated carbocycles. The summed E-state index contributed by atoms with van der Waals surface area (Å²) in [6.07, 6.45) is 1.91. The van der Waals surface area contributed by atoms with E-state index in [1.807, 2.05) is 13.0 Å². The van der Waals surface area contributed by atoms with Crippen LogP contribution in [0.4, 0.5) is 0 Å². The van der Waals surface area contributed by atoms with E-state index in [0.29, 0.717) is 13.2 Å². The molecule has 0 amide bonds. The number of methoxy groups -OCH3 is 2. The second kappa shape index (κ2) is 12.4. The minimum absolute atomic E-state index is 0.220. The Kier molecular flexibility index (Phi) is 10.5. The summed E-state index contributed by atoms with van der Waals surface area (Å²) >= 11 is 0. The monoisotopic (exact) mass is 351 g/mol. The number of ether oxygens (including phenoxy) is 3. The number of hydrogen-bond acceptors (Lipinski definition) is 4. The molecule has 2 N–H and O–H groups in total. The fraction of sp³-hybridized carbons (Fsp3) is 0.632. The van der Waals surface area contributed by atoms with Crippen LogP contribution in [-0.2, 0) is 11.2 Å². The van der Waals surface area contributed by atoms with Crippen LogP contribution >= 0.6 is 0 Å². The van der Waals surface area contributed by atoms with Crippen molar-refractivity contribution < 1.29 is 14.2 Å². The predicted molar refractivity (Wildman–Crippen MR) is 103 cm³/mol. The van der Waals surface area contributed by atoms with Crippen molar-refractivity contribution >= 4 is 5.96 Å². The van der Waals surface area contributed by atoms with Crippen molar-refractivity contribution in [1.29, 1.82) is 0 Å². The molecule has 1 aromatic carbocycles. The predicted octanol–water partition coefficient (Wildman–Crippen LogP) is 2.62. The Hall–Kier alpha value is -1.95. The van der Waals surface area contributed by atoms with Crippen molar-refractivity contribution in [3.63, 3.8) is 0 Å². The lowest BCUT2D eigenvalue weighted by atomic mass is 10.1. The molecular formula is C19H33N3O3. The summed E-state index contributed by atoms with van der Waals surface area (Å²) in [6.45, 7) is 8.97. The Bertz CT molecular complexity index is 521. The Balaban J connectivity index is 2.55. The van der Waals surface area contributed by atoms with E-state index in [4.69, 9.17) is 14.2 Å². The normalized spacial score (nSPS) is 12.6. The molecule has 0 heterocycles. The molecule has 0 radical (unpaired) electrons. The van der Waals surface area contributed by atoms with Gasteiger partial charge < -0.3 is 24.8 Å². The molecule has 0 saturated heterocycles. The van der Waals surface area contributed by atoms with E-state index in [0.717, 1.165) is 43.4 Å². The average molecular weight is 351 g/mol. The molecule has 6 heteroatoms. The number of aryl methyl sites for hydroxylation is 1. The van der Waals surface area contributed by atoms with Gasteiger partial charge in [0.25, 0.3) is 0 Å². The number of rotatable bonds is 11. The number of aliphatic imine (C=N–C) groups is 1. The van der Waals surface area contributed by atoms with E-state index in [2.05, 4.69) is 41.6 Å². The van der Waals surface area contributed by atoms with Crippen LogP contribution in [0, 0.1) is 0 Å². The molecule has 1 aromatic rings. The van der Waals surface area contributed by atoms with Crippen molar-refractivity contribution in [2.75, 3.05) is 40.5 Å². The molecule has 1 atom stereocenters. The first kappa shape index (κ1) is 21.1. The molecule has 0 bridgehead atoms. The maximum absolute atomic E-state index is 5.63. The van der Waals surface area contributed by atoms with Crippen molar-refractivity contribution in [2.45, 2.75) is 39.7 Å². The van der Waals surface area contributed by atoms with Crippen LogP contribution in [0.25, 0.3) is 0 Å². The summed E-state index contributed by atoms with van der Waals surface area (Å²) in [6, 6.07) is 6.31. The molecule has 1 rings (SSSR count). The van der Waals surface area contributed by atoms with Gasteiger partial charge in [0.15, 0.2) is 17.5 Å². The van der Waals surface area contributed by atoms with E-state index in [1.54, 1.807) is 14.2 Å². The quantitative estimate of drug-likeness (QED) is 0.364. The number of nitrogens with zero attached hydrogens (tertiary/aromatic N) is 1. The molecule has 1 unspecified atom stereocenters. The smallest absolute Gasteiger partial charge is 0.191 e. The molecule has 6 nitrogen and oxygen atoms in total. The highest BCUT2D eigenvalue weighted by molar-refractivity contribution is 5.80. The number of hydrogen-bond donors (Lipinski definition) is 2. The molecule has 0 aromatic heterocycles. The minimum Gasteiger partial charge on any atom is -0.493 e. The molecule has 142 valence electrons. The fourth-order valence-corrected chi connectivity index (χ4v) is 2.46. The van der Waals surface area contributed by atoms with Crippen LogP contribution in [0.3, 0.4) is 0 Å². The fourth-order valence-electron chi connectivity index (χ4n) is 2.46. The summed E-state index contributed by atoms with van der Waals surface area (Å²) in [5.74, 6) is 2.40. The number of guanidine groups is 1. The average Bonchev–Trinajstić information content (AvgIpc) is 2.59. The summed E-state index contributed by atoms with van der Waals surface area (Å²) in [7, 11) is 3.36. The van der Waals surface area contributed by atoms with E-state index in [1.165, 1.54) is 5.56 Å². The molecule has 0 spiro atoms. The van der Waals surface area contributed by atoms with Gasteiger partial charge in [-0.2, -0.15) is 0 Å². The highest BCUT2D eigenvalue weighted by Crippen LogP contribution is 2.28. The van der Waals surface area contributed by atoms with Gasteiger partial charge >= 0.3 is 0 Å². The van der Waals surface area contributed by atoms with Crippen LogP contribution in [-0.4, -0.2) is 52.5 Å². The first-order chi connectivity index (χ1) is 12.1. The van der Waals surface area contributed by atoms with Gasteiger partial charge in [-0.05, 0) is 51.3 Å². The lowest BCUT2D eigenvalue weighted by Gasteiger charge is -2.17. The lowest BCUT2D eigenvalue weighted by Crippen LogP contribution is -2.44. The van der Waals surface area contributed by atoms with E-state index in [-0.39, 0.29) is 6.04 Å². The first-order valence-corrected chi connectivity index (χ1v) is 8.98. The third-order valence-corrected chi connectivity index (χ3v) is 3.57. The standard InChI is InChI=1S/C19H33N3O3/c1-6-20-19(22-15(3)14-23-4)21-12-8-9-16-10-11-17(24-5)18(13-16)25-7-2/h10-11,13,15H,6-9,12,14H2,1-5H3,(H2,20,21,22).